The molecule has 0 radical (unpaired) electrons. The highest BCUT2D eigenvalue weighted by molar-refractivity contribution is 7.98. The molecule has 9 heteroatoms. The number of aryl methyl sites for hydroxylation is 1. The fraction of sp³-hybridized carbons (Fsp3) is 0.250. The number of nitrogens with two attached hydrogens (primary N) is 1. The first-order chi connectivity index (χ1) is 15.8. The number of nitrogens with zero attached hydrogens (tertiary/aromatic N) is 2. The fourth-order valence-corrected chi connectivity index (χ4v) is 4.86. The second-order valence-electron chi connectivity index (χ2n) is 7.86. The largest absolute Gasteiger partial charge is 0.484 e. The van der Waals surface area contributed by atoms with Gasteiger partial charge in [-0.1, -0.05) is 48.2 Å². The second-order valence-corrected chi connectivity index (χ2v) is 8.81. The fourth-order valence-electron chi connectivity index (χ4n) is 3.81. The van der Waals surface area contributed by atoms with E-state index in [4.69, 9.17) is 10.5 Å². The standard InChI is InChI=1S/C24H24N4O4S/c1-14-5-3-4-6-16(14)13-33-24-27-23(31)21-18(11-20(30)26-22(21)28(24)2)15-7-9-17(10-8-15)32-12-19(25)29/h3-10,18H,11-13H2,1-2H3,(H2,25,29)(H,26,30)/t18-/m1/s1. The van der Waals surface area contributed by atoms with Crippen molar-refractivity contribution in [2.75, 3.05) is 11.9 Å². The van der Waals surface area contributed by atoms with E-state index in [0.717, 1.165) is 11.1 Å². The Bertz CT molecular complexity index is 1270. The van der Waals surface area contributed by atoms with Crippen LogP contribution in [0.3, 0.4) is 0 Å². The van der Waals surface area contributed by atoms with E-state index in [1.54, 1.807) is 35.9 Å². The van der Waals surface area contributed by atoms with Gasteiger partial charge in [0.25, 0.3) is 11.5 Å². The third-order valence-corrected chi connectivity index (χ3v) is 6.66. The average Bonchev–Trinajstić information content (AvgIpc) is 2.79. The molecule has 0 fully saturated rings. The molecule has 8 nitrogen and oxygen atoms in total. The molecule has 2 heterocycles. The number of carbonyl (C=O) groups is 2. The Kier molecular flexibility index (Phi) is 6.50. The number of benzene rings is 2. The van der Waals surface area contributed by atoms with Gasteiger partial charge in [0.1, 0.15) is 11.6 Å². The number of thioether (sulfide) groups is 1. The molecule has 3 aromatic rings. The number of nitrogens with one attached hydrogen (secondary N) is 1. The summed E-state index contributed by atoms with van der Waals surface area (Å²) < 4.78 is 7.07. The van der Waals surface area contributed by atoms with Gasteiger partial charge in [-0.2, -0.15) is 4.98 Å². The van der Waals surface area contributed by atoms with E-state index in [1.807, 2.05) is 31.2 Å². The smallest absolute Gasteiger partial charge is 0.279 e. The summed E-state index contributed by atoms with van der Waals surface area (Å²) in [6.07, 6.45) is 0.140. The second kappa shape index (κ2) is 9.50. The van der Waals surface area contributed by atoms with Crippen molar-refractivity contribution < 1.29 is 14.3 Å². The van der Waals surface area contributed by atoms with Crippen molar-refractivity contribution in [1.82, 2.24) is 9.55 Å². The summed E-state index contributed by atoms with van der Waals surface area (Å²) in [6.45, 7) is 1.83. The van der Waals surface area contributed by atoms with Crippen LogP contribution in [0.5, 0.6) is 5.75 Å². The van der Waals surface area contributed by atoms with Gasteiger partial charge in [-0.25, -0.2) is 0 Å². The summed E-state index contributed by atoms with van der Waals surface area (Å²) in [5, 5.41) is 3.40. The van der Waals surface area contributed by atoms with Crippen molar-refractivity contribution in [3.8, 4) is 5.75 Å². The predicted octanol–water partition coefficient (Wildman–Crippen LogP) is 2.72. The van der Waals surface area contributed by atoms with Crippen molar-refractivity contribution in [3.63, 3.8) is 0 Å². The molecule has 0 saturated heterocycles. The van der Waals surface area contributed by atoms with Crippen LogP contribution in [0, 0.1) is 6.92 Å². The van der Waals surface area contributed by atoms with Gasteiger partial charge >= 0.3 is 0 Å². The van der Waals surface area contributed by atoms with Crippen LogP contribution in [0.25, 0.3) is 0 Å². The Morgan fingerprint density at radius 3 is 2.64 bits per heavy atom. The monoisotopic (exact) mass is 464 g/mol. The van der Waals surface area contributed by atoms with E-state index in [2.05, 4.69) is 10.3 Å². The average molecular weight is 465 g/mol. The number of aromatic nitrogens is 2. The van der Waals surface area contributed by atoms with Crippen LogP contribution in [-0.2, 0) is 22.4 Å². The van der Waals surface area contributed by atoms with E-state index >= 15 is 0 Å². The van der Waals surface area contributed by atoms with Gasteiger partial charge in [-0.15, -0.1) is 0 Å². The minimum Gasteiger partial charge on any atom is -0.484 e. The van der Waals surface area contributed by atoms with Crippen LogP contribution < -0.4 is 21.3 Å². The zero-order valence-corrected chi connectivity index (χ0v) is 19.1. The Balaban J connectivity index is 1.64. The number of rotatable bonds is 7. The Hall–Kier alpha value is -3.59. The van der Waals surface area contributed by atoms with Gasteiger partial charge in [0.15, 0.2) is 11.8 Å². The summed E-state index contributed by atoms with van der Waals surface area (Å²) in [5.74, 6) is 0.445. The molecule has 1 aliphatic heterocycles. The van der Waals surface area contributed by atoms with Gasteiger partial charge in [0, 0.05) is 25.1 Å². The van der Waals surface area contributed by atoms with Crippen LogP contribution in [-0.4, -0.2) is 28.0 Å². The zero-order chi connectivity index (χ0) is 23.5. The predicted molar refractivity (Wildman–Crippen MR) is 126 cm³/mol. The highest BCUT2D eigenvalue weighted by Crippen LogP contribution is 2.36. The zero-order valence-electron chi connectivity index (χ0n) is 18.3. The van der Waals surface area contributed by atoms with Gasteiger partial charge < -0.3 is 20.4 Å². The Labute approximate surface area is 195 Å². The molecule has 0 bridgehead atoms. The van der Waals surface area contributed by atoms with E-state index in [-0.39, 0.29) is 24.5 Å². The van der Waals surface area contributed by atoms with E-state index < -0.39 is 11.8 Å². The van der Waals surface area contributed by atoms with Gasteiger partial charge in [-0.05, 0) is 35.7 Å². The first kappa shape index (κ1) is 22.6. The highest BCUT2D eigenvalue weighted by Gasteiger charge is 2.32. The van der Waals surface area contributed by atoms with E-state index in [0.29, 0.717) is 28.0 Å². The molecule has 1 aromatic heterocycles. The molecular weight excluding hydrogens is 440 g/mol. The van der Waals surface area contributed by atoms with Crippen LogP contribution in [0.1, 0.15) is 34.6 Å². The number of primary amides is 1. The lowest BCUT2D eigenvalue weighted by Gasteiger charge is -2.27. The van der Waals surface area contributed by atoms with Crippen molar-refractivity contribution in [1.29, 1.82) is 0 Å². The van der Waals surface area contributed by atoms with Gasteiger partial charge in [-0.3, -0.25) is 14.4 Å². The molecule has 1 atom stereocenters. The lowest BCUT2D eigenvalue weighted by Crippen LogP contribution is -2.33. The normalized spacial score (nSPS) is 15.0. The summed E-state index contributed by atoms with van der Waals surface area (Å²) in [7, 11) is 1.80. The number of hydrogen-bond acceptors (Lipinski definition) is 6. The summed E-state index contributed by atoms with van der Waals surface area (Å²) in [5.41, 5.74) is 8.34. The molecule has 33 heavy (non-hydrogen) atoms. The quantitative estimate of drug-likeness (QED) is 0.410. The van der Waals surface area contributed by atoms with Crippen molar-refractivity contribution in [2.24, 2.45) is 12.8 Å². The molecule has 0 unspecified atom stereocenters. The van der Waals surface area contributed by atoms with E-state index in [9.17, 15) is 14.4 Å². The molecule has 0 saturated carbocycles. The number of anilines is 1. The Morgan fingerprint density at radius 2 is 1.94 bits per heavy atom. The molecular formula is C24H24N4O4S. The molecule has 2 aromatic carbocycles. The number of fused-ring (bicyclic) bond motifs is 1. The summed E-state index contributed by atoms with van der Waals surface area (Å²) in [4.78, 5) is 40.9. The Morgan fingerprint density at radius 1 is 1.21 bits per heavy atom. The summed E-state index contributed by atoms with van der Waals surface area (Å²) in [6, 6.07) is 15.0. The van der Waals surface area contributed by atoms with E-state index in [1.165, 1.54) is 17.3 Å². The van der Waals surface area contributed by atoms with Gasteiger partial charge in [0.2, 0.25) is 5.91 Å². The lowest BCUT2D eigenvalue weighted by molar-refractivity contribution is -0.120. The third-order valence-electron chi connectivity index (χ3n) is 5.58. The first-order valence-electron chi connectivity index (χ1n) is 10.4. The van der Waals surface area contributed by atoms with Crippen LogP contribution in [0.2, 0.25) is 0 Å². The molecule has 2 amide bonds. The number of ether oxygens (including phenoxy) is 1. The molecule has 0 spiro atoms. The number of amides is 2. The number of hydrogen-bond donors (Lipinski definition) is 2. The maximum Gasteiger partial charge on any atom is 0.279 e. The topological polar surface area (TPSA) is 116 Å². The molecule has 3 N–H and O–H groups in total. The molecule has 170 valence electrons. The van der Waals surface area contributed by atoms with Gasteiger partial charge in [0.05, 0.1) is 5.56 Å². The maximum atomic E-state index is 13.1. The number of carbonyl (C=O) groups excluding carboxylic acids is 2. The molecule has 4 rings (SSSR count). The van der Waals surface area contributed by atoms with Crippen LogP contribution in [0.15, 0.2) is 58.5 Å². The minimum atomic E-state index is -0.567. The van der Waals surface area contributed by atoms with Crippen molar-refractivity contribution in [2.45, 2.75) is 30.2 Å². The minimum absolute atomic E-state index is 0.140. The third kappa shape index (κ3) is 4.93. The maximum absolute atomic E-state index is 13.1. The van der Waals surface area contributed by atoms with Crippen LogP contribution >= 0.6 is 11.8 Å². The highest BCUT2D eigenvalue weighted by atomic mass is 32.2. The van der Waals surface area contributed by atoms with Crippen LogP contribution in [0.4, 0.5) is 5.82 Å². The molecule has 1 aliphatic rings. The SMILES string of the molecule is Cc1ccccc1CSc1nc(=O)c2c(n1C)NC(=O)C[C@@H]2c1ccc(OCC(N)=O)cc1. The van der Waals surface area contributed by atoms with Crippen molar-refractivity contribution >= 4 is 29.4 Å². The lowest BCUT2D eigenvalue weighted by atomic mass is 9.87. The first-order valence-corrected chi connectivity index (χ1v) is 11.4. The van der Waals surface area contributed by atoms with Crippen molar-refractivity contribution in [3.05, 3.63) is 81.1 Å². The summed E-state index contributed by atoms with van der Waals surface area (Å²) >= 11 is 1.46. The molecule has 0 aliphatic carbocycles.